The Bertz CT molecular complexity index is 960. The van der Waals surface area contributed by atoms with Crippen LogP contribution in [-0.2, 0) is 14.4 Å². The van der Waals surface area contributed by atoms with Crippen molar-refractivity contribution in [3.05, 3.63) is 63.7 Å². The van der Waals surface area contributed by atoms with E-state index in [1.54, 1.807) is 0 Å². The molecule has 0 aliphatic carbocycles. The quantitative estimate of drug-likeness (QED) is 0.447. The minimum Gasteiger partial charge on any atom is -0.477 e. The van der Waals surface area contributed by atoms with Gasteiger partial charge in [0.1, 0.15) is 0 Å². The average Bonchev–Trinajstić information content (AvgIpc) is 2.72. The molecule has 158 valence electrons. The van der Waals surface area contributed by atoms with E-state index in [0.29, 0.717) is 5.69 Å². The number of carbonyl (C=O) groups excluding carboxylic acids is 3. The van der Waals surface area contributed by atoms with Gasteiger partial charge in [-0.1, -0.05) is 24.3 Å². The molecule has 3 amide bonds. The van der Waals surface area contributed by atoms with Crippen molar-refractivity contribution in [3.63, 3.8) is 0 Å². The van der Waals surface area contributed by atoms with E-state index in [4.69, 9.17) is 4.74 Å². The zero-order valence-corrected chi connectivity index (χ0v) is 16.6. The van der Waals surface area contributed by atoms with Crippen LogP contribution in [0.5, 0.6) is 5.75 Å². The number of carbonyl (C=O) groups is 3. The Morgan fingerprint density at radius 3 is 2.37 bits per heavy atom. The van der Waals surface area contributed by atoms with Crippen LogP contribution in [0.2, 0.25) is 0 Å². The number of ether oxygens (including phenoxy) is 1. The fraction of sp³-hybridized carbons (Fsp3) is 0.250. The Labute approximate surface area is 172 Å². The normalized spacial score (nSPS) is 10.1. The summed E-state index contributed by atoms with van der Waals surface area (Å²) < 4.78 is 5.11. The predicted molar refractivity (Wildman–Crippen MR) is 109 cm³/mol. The van der Waals surface area contributed by atoms with E-state index in [2.05, 4.69) is 16.2 Å². The highest BCUT2D eigenvalue weighted by atomic mass is 16.6. The summed E-state index contributed by atoms with van der Waals surface area (Å²) in [6, 6.07) is 11.3. The van der Waals surface area contributed by atoms with E-state index in [-0.39, 0.29) is 30.2 Å². The first-order chi connectivity index (χ1) is 14.3. The summed E-state index contributed by atoms with van der Waals surface area (Å²) >= 11 is 0. The highest BCUT2D eigenvalue weighted by Crippen LogP contribution is 2.25. The van der Waals surface area contributed by atoms with Gasteiger partial charge >= 0.3 is 5.69 Å². The van der Waals surface area contributed by atoms with Gasteiger partial charge in [0.15, 0.2) is 12.4 Å². The van der Waals surface area contributed by atoms with Crippen molar-refractivity contribution in [2.45, 2.75) is 26.7 Å². The lowest BCUT2D eigenvalue weighted by Gasteiger charge is -2.10. The van der Waals surface area contributed by atoms with Gasteiger partial charge in [0, 0.05) is 24.6 Å². The Kier molecular flexibility index (Phi) is 7.86. The summed E-state index contributed by atoms with van der Waals surface area (Å²) in [6.45, 7) is 3.24. The number of hydrazine groups is 1. The number of hydrogen-bond donors (Lipinski definition) is 3. The molecule has 3 N–H and O–H groups in total. The number of amides is 3. The third-order valence-electron chi connectivity index (χ3n) is 4.01. The van der Waals surface area contributed by atoms with Crippen LogP contribution in [0.15, 0.2) is 42.5 Å². The lowest BCUT2D eigenvalue weighted by molar-refractivity contribution is -0.385. The maximum absolute atomic E-state index is 12.0. The summed E-state index contributed by atoms with van der Waals surface area (Å²) in [7, 11) is 0. The lowest BCUT2D eigenvalue weighted by Crippen LogP contribution is -2.44. The van der Waals surface area contributed by atoms with E-state index in [1.165, 1.54) is 24.3 Å². The van der Waals surface area contributed by atoms with Crippen molar-refractivity contribution in [3.8, 4) is 5.75 Å². The number of nitro groups is 1. The van der Waals surface area contributed by atoms with Gasteiger partial charge in [-0.3, -0.25) is 35.3 Å². The molecule has 0 bridgehead atoms. The average molecular weight is 414 g/mol. The molecule has 0 saturated carbocycles. The molecule has 0 saturated heterocycles. The second-order valence-electron chi connectivity index (χ2n) is 6.48. The van der Waals surface area contributed by atoms with Crippen LogP contribution >= 0.6 is 0 Å². The molecule has 0 fully saturated rings. The van der Waals surface area contributed by atoms with Crippen LogP contribution in [0.25, 0.3) is 0 Å². The third-order valence-corrected chi connectivity index (χ3v) is 4.01. The number of nitrogens with one attached hydrogen (secondary N) is 3. The van der Waals surface area contributed by atoms with E-state index < -0.39 is 23.3 Å². The van der Waals surface area contributed by atoms with Crippen molar-refractivity contribution >= 4 is 29.1 Å². The molecule has 10 heteroatoms. The number of nitrogens with zero attached hydrogens (tertiary/aromatic N) is 1. The van der Waals surface area contributed by atoms with E-state index >= 15 is 0 Å². The van der Waals surface area contributed by atoms with E-state index in [9.17, 15) is 24.5 Å². The van der Waals surface area contributed by atoms with Gasteiger partial charge in [-0.15, -0.1) is 0 Å². The second kappa shape index (κ2) is 10.6. The highest BCUT2D eigenvalue weighted by Gasteiger charge is 2.15. The predicted octanol–water partition coefficient (Wildman–Crippen LogP) is 2.16. The molecule has 2 aromatic carbocycles. The molecule has 0 aliphatic heterocycles. The molecule has 10 nitrogen and oxygen atoms in total. The highest BCUT2D eigenvalue weighted by molar-refractivity contribution is 5.94. The molecule has 0 radical (unpaired) electrons. The van der Waals surface area contributed by atoms with Crippen molar-refractivity contribution < 1.29 is 24.0 Å². The van der Waals surface area contributed by atoms with Crippen LogP contribution in [0, 0.1) is 24.0 Å². The van der Waals surface area contributed by atoms with Crippen LogP contribution in [-0.4, -0.2) is 29.3 Å². The largest absolute Gasteiger partial charge is 0.477 e. The fourth-order valence-electron chi connectivity index (χ4n) is 2.42. The SMILES string of the molecule is Cc1ccc(C)c(NC(=O)CCC(=O)NNC(=O)COc2ccccc2[N+](=O)[O-])c1. The smallest absolute Gasteiger partial charge is 0.310 e. The van der Waals surface area contributed by atoms with Crippen LogP contribution < -0.4 is 20.9 Å². The molecule has 2 aromatic rings. The number of nitro benzene ring substituents is 1. The maximum Gasteiger partial charge on any atom is 0.310 e. The number of anilines is 1. The first-order valence-electron chi connectivity index (χ1n) is 9.07. The molecule has 30 heavy (non-hydrogen) atoms. The zero-order valence-electron chi connectivity index (χ0n) is 16.6. The number of para-hydroxylation sites is 2. The summed E-state index contributed by atoms with van der Waals surface area (Å²) in [6.07, 6.45) is -0.205. The summed E-state index contributed by atoms with van der Waals surface area (Å²) in [5.41, 5.74) is 6.60. The van der Waals surface area contributed by atoms with E-state index in [1.807, 2.05) is 32.0 Å². The van der Waals surface area contributed by atoms with Crippen LogP contribution in [0.3, 0.4) is 0 Å². The Hall–Kier alpha value is -3.95. The van der Waals surface area contributed by atoms with Gasteiger partial charge in [-0.25, -0.2) is 0 Å². The summed E-state index contributed by atoms with van der Waals surface area (Å²) in [5, 5.41) is 13.6. The van der Waals surface area contributed by atoms with Crippen molar-refractivity contribution in [2.75, 3.05) is 11.9 Å². The zero-order chi connectivity index (χ0) is 22.1. The van der Waals surface area contributed by atoms with Gasteiger partial charge in [0.25, 0.3) is 5.91 Å². The number of rotatable bonds is 8. The molecule has 0 aliphatic rings. The minimum atomic E-state index is -0.707. The van der Waals surface area contributed by atoms with E-state index in [0.717, 1.165) is 11.1 Å². The molecule has 0 heterocycles. The van der Waals surface area contributed by atoms with Gasteiger partial charge in [-0.05, 0) is 37.1 Å². The fourth-order valence-corrected chi connectivity index (χ4v) is 2.42. The molecule has 0 atom stereocenters. The number of hydrogen-bond acceptors (Lipinski definition) is 6. The number of benzene rings is 2. The van der Waals surface area contributed by atoms with Crippen molar-refractivity contribution in [1.82, 2.24) is 10.9 Å². The second-order valence-corrected chi connectivity index (χ2v) is 6.48. The molecular weight excluding hydrogens is 392 g/mol. The Balaban J connectivity index is 1.71. The van der Waals surface area contributed by atoms with Crippen LogP contribution in [0.4, 0.5) is 11.4 Å². The molecule has 0 unspecified atom stereocenters. The van der Waals surface area contributed by atoms with Gasteiger partial charge in [-0.2, -0.15) is 0 Å². The number of aryl methyl sites for hydroxylation is 2. The van der Waals surface area contributed by atoms with Crippen LogP contribution in [0.1, 0.15) is 24.0 Å². The minimum absolute atomic E-state index is 0.0629. The van der Waals surface area contributed by atoms with Gasteiger partial charge < -0.3 is 10.1 Å². The summed E-state index contributed by atoms with van der Waals surface area (Å²) in [5.74, 6) is -1.66. The lowest BCUT2D eigenvalue weighted by atomic mass is 10.1. The van der Waals surface area contributed by atoms with Gasteiger partial charge in [0.2, 0.25) is 11.8 Å². The molecular formula is C20H22N4O6. The Morgan fingerprint density at radius 2 is 1.63 bits per heavy atom. The first kappa shape index (κ1) is 22.3. The molecule has 0 aromatic heterocycles. The third kappa shape index (κ3) is 6.89. The molecule has 0 spiro atoms. The van der Waals surface area contributed by atoms with Gasteiger partial charge in [0.05, 0.1) is 4.92 Å². The van der Waals surface area contributed by atoms with Crippen molar-refractivity contribution in [1.29, 1.82) is 0 Å². The first-order valence-corrected chi connectivity index (χ1v) is 9.07. The summed E-state index contributed by atoms with van der Waals surface area (Å²) in [4.78, 5) is 45.8. The van der Waals surface area contributed by atoms with Crippen molar-refractivity contribution in [2.24, 2.45) is 0 Å². The molecule has 2 rings (SSSR count). The monoisotopic (exact) mass is 414 g/mol. The standard InChI is InChI=1S/C20H22N4O6/c1-13-7-8-14(2)15(11-13)21-18(25)9-10-19(26)22-23-20(27)12-30-17-6-4-3-5-16(17)24(28)29/h3-8,11H,9-10,12H2,1-2H3,(H,21,25)(H,22,26)(H,23,27). The maximum atomic E-state index is 12.0. The topological polar surface area (TPSA) is 140 Å². The Morgan fingerprint density at radius 1 is 0.967 bits per heavy atom.